The standard InChI is InChI=1S/C24H18BrNO2S2/c25-20-13-19(11-12-21(20)28-16-18-9-5-2-6-10-18)14-22-23(27)26(24(29)30-22)15-17-7-3-1-4-8-17/h1-14H,15-16H2/b22-14-. The van der Waals surface area contributed by atoms with Crippen molar-refractivity contribution in [3.8, 4) is 5.75 Å². The molecule has 0 unspecified atom stereocenters. The number of halogens is 1. The number of ether oxygens (including phenoxy) is 1. The van der Waals surface area contributed by atoms with Gasteiger partial charge in [-0.15, -0.1) is 0 Å². The van der Waals surface area contributed by atoms with Crippen molar-refractivity contribution in [1.82, 2.24) is 4.90 Å². The van der Waals surface area contributed by atoms with Crippen LogP contribution in [-0.2, 0) is 17.9 Å². The highest BCUT2D eigenvalue weighted by Gasteiger charge is 2.31. The van der Waals surface area contributed by atoms with E-state index in [4.69, 9.17) is 17.0 Å². The van der Waals surface area contributed by atoms with E-state index in [1.807, 2.05) is 84.9 Å². The fourth-order valence-electron chi connectivity index (χ4n) is 3.01. The van der Waals surface area contributed by atoms with Gasteiger partial charge in [-0.1, -0.05) is 90.7 Å². The molecule has 3 nitrogen and oxygen atoms in total. The van der Waals surface area contributed by atoms with Crippen LogP contribution in [0.25, 0.3) is 6.08 Å². The minimum Gasteiger partial charge on any atom is -0.488 e. The van der Waals surface area contributed by atoms with E-state index in [2.05, 4.69) is 15.9 Å². The van der Waals surface area contributed by atoms with Crippen LogP contribution in [0.4, 0.5) is 0 Å². The molecule has 1 heterocycles. The van der Waals surface area contributed by atoms with Crippen LogP contribution >= 0.6 is 39.9 Å². The average molecular weight is 496 g/mol. The molecule has 0 radical (unpaired) electrons. The first-order valence-electron chi connectivity index (χ1n) is 9.36. The van der Waals surface area contributed by atoms with Gasteiger partial charge in [0.05, 0.1) is 15.9 Å². The quantitative estimate of drug-likeness (QED) is 0.291. The molecule has 0 saturated carbocycles. The number of amides is 1. The summed E-state index contributed by atoms with van der Waals surface area (Å²) in [6.45, 7) is 0.982. The molecule has 150 valence electrons. The average Bonchev–Trinajstić information content (AvgIpc) is 3.02. The highest BCUT2D eigenvalue weighted by molar-refractivity contribution is 9.10. The lowest BCUT2D eigenvalue weighted by molar-refractivity contribution is -0.122. The number of thioether (sulfide) groups is 1. The first-order chi connectivity index (χ1) is 14.6. The van der Waals surface area contributed by atoms with E-state index in [0.29, 0.717) is 22.4 Å². The Morgan fingerprint density at radius 2 is 1.63 bits per heavy atom. The molecule has 1 amide bonds. The molecule has 30 heavy (non-hydrogen) atoms. The van der Waals surface area contributed by atoms with E-state index in [-0.39, 0.29) is 5.91 Å². The summed E-state index contributed by atoms with van der Waals surface area (Å²) in [5.74, 6) is 0.696. The highest BCUT2D eigenvalue weighted by atomic mass is 79.9. The minimum atomic E-state index is -0.0608. The number of rotatable bonds is 6. The summed E-state index contributed by atoms with van der Waals surface area (Å²) in [5.41, 5.74) is 3.07. The summed E-state index contributed by atoms with van der Waals surface area (Å²) in [6.07, 6.45) is 1.87. The summed E-state index contributed by atoms with van der Waals surface area (Å²) < 4.78 is 7.32. The van der Waals surface area contributed by atoms with Crippen LogP contribution in [-0.4, -0.2) is 15.1 Å². The maximum absolute atomic E-state index is 12.8. The van der Waals surface area contributed by atoms with Crippen molar-refractivity contribution < 1.29 is 9.53 Å². The van der Waals surface area contributed by atoms with Gasteiger partial charge in [-0.3, -0.25) is 9.69 Å². The fraction of sp³-hybridized carbons (Fsp3) is 0.0833. The van der Waals surface area contributed by atoms with Gasteiger partial charge >= 0.3 is 0 Å². The van der Waals surface area contributed by atoms with Crippen LogP contribution < -0.4 is 4.74 Å². The molecule has 6 heteroatoms. The van der Waals surface area contributed by atoms with Crippen LogP contribution in [0.2, 0.25) is 0 Å². The molecule has 1 aliphatic rings. The van der Waals surface area contributed by atoms with Crippen molar-refractivity contribution in [3.63, 3.8) is 0 Å². The van der Waals surface area contributed by atoms with Gasteiger partial charge in [0.2, 0.25) is 0 Å². The van der Waals surface area contributed by atoms with Gasteiger partial charge in [0.15, 0.2) is 0 Å². The second-order valence-corrected chi connectivity index (χ2v) is 9.25. The second-order valence-electron chi connectivity index (χ2n) is 6.72. The monoisotopic (exact) mass is 495 g/mol. The molecule has 1 fully saturated rings. The van der Waals surface area contributed by atoms with Crippen molar-refractivity contribution in [3.05, 3.63) is 105 Å². The Kier molecular flexibility index (Phi) is 6.67. The Balaban J connectivity index is 1.46. The van der Waals surface area contributed by atoms with Gasteiger partial charge in [0, 0.05) is 0 Å². The Morgan fingerprint density at radius 1 is 0.967 bits per heavy atom. The molecule has 1 aliphatic heterocycles. The van der Waals surface area contributed by atoms with Crippen molar-refractivity contribution >= 4 is 56.2 Å². The van der Waals surface area contributed by atoms with E-state index in [1.54, 1.807) is 4.90 Å². The lowest BCUT2D eigenvalue weighted by Gasteiger charge is -2.14. The van der Waals surface area contributed by atoms with Crippen molar-refractivity contribution in [2.24, 2.45) is 0 Å². The van der Waals surface area contributed by atoms with E-state index < -0.39 is 0 Å². The molecule has 4 rings (SSSR count). The van der Waals surface area contributed by atoms with Gasteiger partial charge in [-0.25, -0.2) is 0 Å². The van der Waals surface area contributed by atoms with Crippen LogP contribution in [0.15, 0.2) is 88.2 Å². The third-order valence-electron chi connectivity index (χ3n) is 4.55. The topological polar surface area (TPSA) is 29.5 Å². The summed E-state index contributed by atoms with van der Waals surface area (Å²) in [5, 5.41) is 0. The molecular weight excluding hydrogens is 478 g/mol. The lowest BCUT2D eigenvalue weighted by Crippen LogP contribution is -2.27. The van der Waals surface area contributed by atoms with E-state index >= 15 is 0 Å². The van der Waals surface area contributed by atoms with Crippen LogP contribution in [0, 0.1) is 0 Å². The van der Waals surface area contributed by atoms with Crippen LogP contribution in [0.3, 0.4) is 0 Å². The largest absolute Gasteiger partial charge is 0.488 e. The Hall–Kier alpha value is -2.41. The van der Waals surface area contributed by atoms with E-state index in [9.17, 15) is 4.79 Å². The third kappa shape index (κ3) is 5.01. The van der Waals surface area contributed by atoms with Crippen LogP contribution in [0.1, 0.15) is 16.7 Å². The van der Waals surface area contributed by atoms with Crippen molar-refractivity contribution in [1.29, 1.82) is 0 Å². The molecule has 3 aromatic rings. The SMILES string of the molecule is O=C1/C(=C/c2ccc(OCc3ccccc3)c(Br)c2)SC(=S)N1Cc1ccccc1. The zero-order chi connectivity index (χ0) is 20.9. The van der Waals surface area contributed by atoms with Crippen LogP contribution in [0.5, 0.6) is 5.75 Å². The molecule has 3 aromatic carbocycles. The maximum Gasteiger partial charge on any atom is 0.266 e. The van der Waals surface area contributed by atoms with E-state index in [0.717, 1.165) is 26.9 Å². The smallest absolute Gasteiger partial charge is 0.266 e. The molecule has 0 N–H and O–H groups in total. The first kappa shape index (κ1) is 20.8. The third-order valence-corrected chi connectivity index (χ3v) is 6.55. The summed E-state index contributed by atoms with van der Waals surface area (Å²) >= 11 is 10.3. The number of benzene rings is 3. The summed E-state index contributed by atoms with van der Waals surface area (Å²) in [4.78, 5) is 15.1. The van der Waals surface area contributed by atoms with Crippen molar-refractivity contribution in [2.75, 3.05) is 0 Å². The summed E-state index contributed by atoms with van der Waals surface area (Å²) in [7, 11) is 0. The predicted octanol–water partition coefficient (Wildman–Crippen LogP) is 6.43. The molecular formula is C24H18BrNO2S2. The first-order valence-corrected chi connectivity index (χ1v) is 11.4. The normalized spacial score (nSPS) is 15.1. The predicted molar refractivity (Wildman–Crippen MR) is 130 cm³/mol. The minimum absolute atomic E-state index is 0.0608. The molecule has 0 aromatic heterocycles. The second kappa shape index (κ2) is 9.60. The molecule has 1 saturated heterocycles. The number of hydrogen-bond acceptors (Lipinski definition) is 4. The number of nitrogens with zero attached hydrogens (tertiary/aromatic N) is 1. The zero-order valence-corrected chi connectivity index (χ0v) is 19.2. The van der Waals surface area contributed by atoms with E-state index in [1.165, 1.54) is 11.8 Å². The highest BCUT2D eigenvalue weighted by Crippen LogP contribution is 2.35. The number of carbonyl (C=O) groups is 1. The number of hydrogen-bond donors (Lipinski definition) is 0. The maximum atomic E-state index is 12.8. The molecule has 0 spiro atoms. The van der Waals surface area contributed by atoms with Gasteiger partial charge < -0.3 is 4.74 Å². The zero-order valence-electron chi connectivity index (χ0n) is 16.0. The van der Waals surface area contributed by atoms with Gasteiger partial charge in [0.25, 0.3) is 5.91 Å². The van der Waals surface area contributed by atoms with Gasteiger partial charge in [-0.05, 0) is 50.8 Å². The Morgan fingerprint density at radius 3 is 2.30 bits per heavy atom. The fourth-order valence-corrected chi connectivity index (χ4v) is 4.78. The van der Waals surface area contributed by atoms with Crippen molar-refractivity contribution in [2.45, 2.75) is 13.2 Å². The van der Waals surface area contributed by atoms with Gasteiger partial charge in [-0.2, -0.15) is 0 Å². The number of carbonyl (C=O) groups excluding carboxylic acids is 1. The molecule has 0 aliphatic carbocycles. The Bertz CT molecular complexity index is 1100. The number of thiocarbonyl (C=S) groups is 1. The van der Waals surface area contributed by atoms with Gasteiger partial charge in [0.1, 0.15) is 16.7 Å². The molecule has 0 atom stereocenters. The molecule has 0 bridgehead atoms. The lowest BCUT2D eigenvalue weighted by atomic mass is 10.2. The summed E-state index contributed by atoms with van der Waals surface area (Å²) in [6, 6.07) is 25.7. The Labute approximate surface area is 193 Å².